The van der Waals surface area contributed by atoms with Gasteiger partial charge in [0, 0.05) is 56.0 Å². The normalized spacial score (nSPS) is 12.6. The van der Waals surface area contributed by atoms with Crippen LogP contribution in [0, 0.1) is 0 Å². The predicted molar refractivity (Wildman–Crippen MR) is 169 cm³/mol. The van der Waals surface area contributed by atoms with E-state index in [9.17, 15) is 14.7 Å². The fourth-order valence-electron chi connectivity index (χ4n) is 3.94. The Morgan fingerprint density at radius 3 is 2.52 bits per heavy atom. The van der Waals surface area contributed by atoms with Crippen LogP contribution in [-0.4, -0.2) is 47.2 Å². The number of amides is 1. The molecule has 2 aromatic heterocycles. The maximum absolute atomic E-state index is 13.2. The van der Waals surface area contributed by atoms with Crippen LogP contribution in [0.15, 0.2) is 77.4 Å². The number of carbonyl (C=O) groups is 1. The van der Waals surface area contributed by atoms with Gasteiger partial charge in [0.25, 0.3) is 5.91 Å². The van der Waals surface area contributed by atoms with Crippen molar-refractivity contribution in [3.05, 3.63) is 104 Å². The molecule has 0 bridgehead atoms. The van der Waals surface area contributed by atoms with Crippen molar-refractivity contribution in [3.8, 4) is 0 Å². The number of halogens is 1. The average molecular weight is 585 g/mol. The van der Waals surface area contributed by atoms with E-state index in [1.807, 2.05) is 81.0 Å². The second kappa shape index (κ2) is 16.2. The van der Waals surface area contributed by atoms with Gasteiger partial charge in [0.05, 0.1) is 16.3 Å². The van der Waals surface area contributed by atoms with Gasteiger partial charge in [-0.2, -0.15) is 0 Å². The minimum absolute atomic E-state index is 0.111. The fourth-order valence-corrected chi connectivity index (χ4v) is 5.29. The molecule has 7 nitrogen and oxygen atoms in total. The third-order valence-electron chi connectivity index (χ3n) is 6.27. The second-order valence-corrected chi connectivity index (χ2v) is 11.1. The Labute approximate surface area is 246 Å². The molecule has 40 heavy (non-hydrogen) atoms. The molecule has 0 spiro atoms. The molecular weight excluding hydrogens is 544 g/mol. The van der Waals surface area contributed by atoms with Gasteiger partial charge in [-0.15, -0.1) is 17.9 Å². The first-order valence-corrected chi connectivity index (χ1v) is 14.4. The number of carbonyl (C=O) groups excluding carboxylic acids is 1. The molecule has 216 valence electrons. The highest BCUT2D eigenvalue weighted by molar-refractivity contribution is 7.19. The smallest absolute Gasteiger partial charge is 0.257 e. The Hall–Kier alpha value is -3.17. The largest absolute Gasteiger partial charge is 0.394 e. The molecule has 0 fully saturated rings. The molecule has 1 atom stereocenters. The number of thiophene rings is 1. The van der Waals surface area contributed by atoms with Gasteiger partial charge in [0.1, 0.15) is 5.56 Å². The van der Waals surface area contributed by atoms with Crippen molar-refractivity contribution in [2.75, 3.05) is 20.6 Å². The molecule has 0 aliphatic rings. The number of rotatable bonds is 11. The first kappa shape index (κ1) is 33.0. The van der Waals surface area contributed by atoms with E-state index < -0.39 is 12.0 Å². The van der Waals surface area contributed by atoms with Gasteiger partial charge in [0.15, 0.2) is 0 Å². The SMILES string of the molecule is C/C=C(C)/C(=C\NC)C(O)CN(C)Cc1cc2c(s1)c(=O)c(C(=O)NCc1ccc(Cl)cc1)cn2C.C=CCC. The molecule has 1 aromatic carbocycles. The lowest BCUT2D eigenvalue weighted by Crippen LogP contribution is -2.30. The third-order valence-corrected chi connectivity index (χ3v) is 7.63. The molecule has 0 radical (unpaired) electrons. The molecule has 3 rings (SSSR count). The summed E-state index contributed by atoms with van der Waals surface area (Å²) in [6, 6.07) is 9.16. The number of hydrogen-bond acceptors (Lipinski definition) is 6. The molecule has 2 heterocycles. The molecule has 1 unspecified atom stereocenters. The van der Waals surface area contributed by atoms with Gasteiger partial charge in [-0.3, -0.25) is 14.5 Å². The van der Waals surface area contributed by atoms with Gasteiger partial charge in [0.2, 0.25) is 5.43 Å². The summed E-state index contributed by atoms with van der Waals surface area (Å²) in [5.41, 5.74) is 3.36. The molecule has 0 aliphatic heterocycles. The Bertz CT molecular complexity index is 1410. The van der Waals surface area contributed by atoms with Crippen molar-refractivity contribution in [2.24, 2.45) is 7.05 Å². The topological polar surface area (TPSA) is 86.6 Å². The zero-order chi connectivity index (χ0) is 29.8. The number of hydrogen-bond donors (Lipinski definition) is 3. The molecule has 0 saturated heterocycles. The zero-order valence-corrected chi connectivity index (χ0v) is 25.8. The summed E-state index contributed by atoms with van der Waals surface area (Å²) < 4.78 is 2.35. The number of aromatic nitrogens is 1. The Balaban J connectivity index is 0.00000131. The van der Waals surface area contributed by atoms with E-state index in [1.165, 1.54) is 11.3 Å². The molecule has 0 saturated carbocycles. The van der Waals surface area contributed by atoms with Gasteiger partial charge in [-0.25, -0.2) is 0 Å². The standard InChI is InChI=1S/C27H33ClN4O3S.C4H8/c1-6-17(2)21(13-29-3)24(33)16-31(4)14-20-11-23-26(36-20)25(34)22(15-32(23)5)27(35)30-12-18-7-9-19(28)10-8-18;1-3-4-2/h6-11,13,15,24,29,33H,12,14,16H2,1-5H3,(H,30,35);3H,1,4H2,2H3/b17-6+,21-13+;. The molecule has 0 aliphatic carbocycles. The van der Waals surface area contributed by atoms with E-state index in [2.05, 4.69) is 24.1 Å². The summed E-state index contributed by atoms with van der Waals surface area (Å²) >= 11 is 7.30. The van der Waals surface area contributed by atoms with Gasteiger partial charge < -0.3 is 20.3 Å². The number of pyridine rings is 1. The summed E-state index contributed by atoms with van der Waals surface area (Å²) in [7, 11) is 5.57. The van der Waals surface area contributed by atoms with Crippen molar-refractivity contribution in [1.82, 2.24) is 20.1 Å². The van der Waals surface area contributed by atoms with Crippen molar-refractivity contribution in [2.45, 2.75) is 46.4 Å². The van der Waals surface area contributed by atoms with Crippen molar-refractivity contribution < 1.29 is 9.90 Å². The fraction of sp³-hybridized carbons (Fsp3) is 0.355. The number of aliphatic hydroxyl groups is 1. The lowest BCUT2D eigenvalue weighted by molar-refractivity contribution is 0.0949. The van der Waals surface area contributed by atoms with Crippen LogP contribution in [0.1, 0.15) is 48.0 Å². The van der Waals surface area contributed by atoms with Crippen LogP contribution in [-0.2, 0) is 20.1 Å². The van der Waals surface area contributed by atoms with E-state index >= 15 is 0 Å². The number of benzene rings is 1. The Kier molecular flexibility index (Phi) is 13.4. The first-order chi connectivity index (χ1) is 19.1. The van der Waals surface area contributed by atoms with Crippen LogP contribution in [0.2, 0.25) is 5.02 Å². The van der Waals surface area contributed by atoms with Crippen LogP contribution < -0.4 is 16.1 Å². The number of allylic oxidation sites excluding steroid dienone is 2. The minimum Gasteiger partial charge on any atom is -0.394 e. The predicted octanol–water partition coefficient (Wildman–Crippen LogP) is 5.63. The number of aryl methyl sites for hydroxylation is 1. The maximum Gasteiger partial charge on any atom is 0.257 e. The summed E-state index contributed by atoms with van der Waals surface area (Å²) in [4.78, 5) is 29.0. The third kappa shape index (κ3) is 9.20. The number of likely N-dealkylation sites (N-methyl/N-ethyl adjacent to an activating group) is 1. The lowest BCUT2D eigenvalue weighted by Gasteiger charge is -2.22. The van der Waals surface area contributed by atoms with Crippen molar-refractivity contribution >= 4 is 39.1 Å². The van der Waals surface area contributed by atoms with E-state index in [0.29, 0.717) is 29.4 Å². The maximum atomic E-state index is 13.2. The monoisotopic (exact) mass is 584 g/mol. The number of aliphatic hydroxyl groups excluding tert-OH is 1. The van der Waals surface area contributed by atoms with E-state index in [-0.39, 0.29) is 11.0 Å². The molecule has 9 heteroatoms. The van der Waals surface area contributed by atoms with Crippen LogP contribution in [0.25, 0.3) is 10.2 Å². The van der Waals surface area contributed by atoms with E-state index in [0.717, 1.165) is 33.5 Å². The average Bonchev–Trinajstić information content (AvgIpc) is 3.37. The lowest BCUT2D eigenvalue weighted by atomic mass is 10.0. The van der Waals surface area contributed by atoms with Crippen LogP contribution in [0.3, 0.4) is 0 Å². The molecular formula is C31H41ClN4O3S. The highest BCUT2D eigenvalue weighted by atomic mass is 35.5. The summed E-state index contributed by atoms with van der Waals surface area (Å²) in [5.74, 6) is -0.411. The minimum atomic E-state index is -0.657. The molecule has 1 amide bonds. The second-order valence-electron chi connectivity index (χ2n) is 9.49. The quantitative estimate of drug-likeness (QED) is 0.201. The number of fused-ring (bicyclic) bond motifs is 1. The highest BCUT2D eigenvalue weighted by Gasteiger charge is 2.19. The van der Waals surface area contributed by atoms with Crippen LogP contribution in [0.4, 0.5) is 0 Å². The molecule has 3 N–H and O–H groups in total. The molecule has 3 aromatic rings. The van der Waals surface area contributed by atoms with Crippen molar-refractivity contribution in [1.29, 1.82) is 0 Å². The van der Waals surface area contributed by atoms with E-state index in [1.54, 1.807) is 18.3 Å². The van der Waals surface area contributed by atoms with Gasteiger partial charge in [-0.05, 0) is 62.2 Å². The van der Waals surface area contributed by atoms with Gasteiger partial charge >= 0.3 is 0 Å². The highest BCUT2D eigenvalue weighted by Crippen LogP contribution is 2.25. The number of nitrogens with zero attached hydrogens (tertiary/aromatic N) is 2. The van der Waals surface area contributed by atoms with Crippen LogP contribution in [0.5, 0.6) is 0 Å². The summed E-state index contributed by atoms with van der Waals surface area (Å²) in [5, 5.41) is 17.2. The van der Waals surface area contributed by atoms with E-state index in [4.69, 9.17) is 11.6 Å². The Morgan fingerprint density at radius 1 is 1.30 bits per heavy atom. The summed E-state index contributed by atoms with van der Waals surface area (Å²) in [6.45, 7) is 10.8. The summed E-state index contributed by atoms with van der Waals surface area (Å²) in [6.07, 6.45) is 7.67. The number of nitrogens with one attached hydrogen (secondary N) is 2. The van der Waals surface area contributed by atoms with Gasteiger partial charge in [-0.1, -0.05) is 42.8 Å². The zero-order valence-electron chi connectivity index (χ0n) is 24.3. The first-order valence-electron chi connectivity index (χ1n) is 13.2. The van der Waals surface area contributed by atoms with Crippen molar-refractivity contribution in [3.63, 3.8) is 0 Å². The van der Waals surface area contributed by atoms with Crippen LogP contribution >= 0.6 is 22.9 Å². The Morgan fingerprint density at radius 2 is 1.95 bits per heavy atom.